The highest BCUT2D eigenvalue weighted by Gasteiger charge is 2.18. The van der Waals surface area contributed by atoms with E-state index in [0.717, 1.165) is 38.5 Å². The van der Waals surface area contributed by atoms with E-state index in [1.807, 2.05) is 6.08 Å². The Balaban J connectivity index is 3.31. The normalized spacial score (nSPS) is 12.6. The lowest BCUT2D eigenvalue weighted by molar-refractivity contribution is -0.143. The number of esters is 1. The summed E-state index contributed by atoms with van der Waals surface area (Å²) in [6.45, 7) is 4.94. The highest BCUT2D eigenvalue weighted by molar-refractivity contribution is 5.76. The van der Waals surface area contributed by atoms with E-state index in [1.54, 1.807) is 6.08 Å². The summed E-state index contributed by atoms with van der Waals surface area (Å²) >= 11 is 0. The highest BCUT2D eigenvalue weighted by Crippen LogP contribution is 2.20. The van der Waals surface area contributed by atoms with Crippen molar-refractivity contribution >= 4 is 11.9 Å². The van der Waals surface area contributed by atoms with Gasteiger partial charge in [0.25, 0.3) is 0 Å². The zero-order valence-corrected chi connectivity index (χ0v) is 59.7. The van der Waals surface area contributed by atoms with Gasteiger partial charge in [-0.3, -0.25) is 9.59 Å². The van der Waals surface area contributed by atoms with Crippen LogP contribution in [0.4, 0.5) is 0 Å². The smallest absolute Gasteiger partial charge is 0.305 e. The van der Waals surface area contributed by atoms with Crippen LogP contribution in [0.5, 0.6) is 0 Å². The van der Waals surface area contributed by atoms with E-state index in [1.165, 1.54) is 385 Å². The molecule has 88 heavy (non-hydrogen) atoms. The molecule has 0 aromatic rings. The minimum atomic E-state index is -0.841. The van der Waals surface area contributed by atoms with Gasteiger partial charge in [-0.15, -0.1) is 0 Å². The Hall–Kier alpha value is -1.92. The van der Waals surface area contributed by atoms with E-state index in [0.29, 0.717) is 19.4 Å². The molecule has 0 aliphatic heterocycles. The Kier molecular flexibility index (Phi) is 75.8. The van der Waals surface area contributed by atoms with Crippen LogP contribution in [0.15, 0.2) is 36.5 Å². The molecule has 520 valence electrons. The fourth-order valence-electron chi connectivity index (χ4n) is 12.7. The molecule has 0 aromatic carbocycles. The molecule has 0 heterocycles. The molecule has 0 aliphatic carbocycles. The van der Waals surface area contributed by atoms with Crippen molar-refractivity contribution in [3.8, 4) is 0 Å². The predicted octanol–water partition coefficient (Wildman–Crippen LogP) is 26.6. The van der Waals surface area contributed by atoms with Crippen molar-refractivity contribution in [2.24, 2.45) is 0 Å². The number of carbonyl (C=O) groups excluding carboxylic acids is 2. The van der Waals surface area contributed by atoms with Crippen LogP contribution in [0.25, 0.3) is 0 Å². The van der Waals surface area contributed by atoms with Gasteiger partial charge in [0.1, 0.15) is 0 Å². The Morgan fingerprint density at radius 3 is 0.807 bits per heavy atom. The van der Waals surface area contributed by atoms with Gasteiger partial charge in [-0.25, -0.2) is 0 Å². The fourth-order valence-corrected chi connectivity index (χ4v) is 12.7. The Bertz CT molecular complexity index is 1430. The SMILES string of the molecule is CCCCCCCC/C=C\CCCCCCCCCCCC(=O)OCCCCCCCCCCCCCCCCCCCC/C=C\CCCCCCCCCCCCCCCCCCCC(=O)NC(CO)C(O)/C=C/CCCCCCCCCCCCC. The van der Waals surface area contributed by atoms with E-state index in [2.05, 4.69) is 43.5 Å². The Morgan fingerprint density at radius 2 is 0.534 bits per heavy atom. The van der Waals surface area contributed by atoms with Crippen LogP contribution in [-0.4, -0.2) is 47.4 Å². The maximum absolute atomic E-state index is 12.5. The van der Waals surface area contributed by atoms with Gasteiger partial charge in [0.05, 0.1) is 25.4 Å². The standard InChI is InChI=1S/C82H157NO5/c1-3-5-7-9-11-13-15-17-18-19-41-45-48-52-56-60-64-68-72-76-82(87)88-77-73-69-65-61-57-53-49-46-43-40-38-36-34-32-30-28-26-24-22-20-21-23-25-27-29-31-33-35-37-39-42-44-47-51-55-59-63-67-71-75-81(86)83-79(78-84)80(85)74-70-66-62-58-54-50-16-14-12-10-8-6-4-2/h17-18,20-21,70,74,79-80,84-85H,3-16,19,22-69,71-73,75-78H2,1-2H3,(H,83,86)/b18-17-,21-20-,74-70+. The second kappa shape index (κ2) is 77.5. The Labute approximate surface area is 551 Å². The number of rotatable bonds is 76. The molecular weight excluding hydrogens is 1080 g/mol. The molecule has 0 aliphatic rings. The lowest BCUT2D eigenvalue weighted by Crippen LogP contribution is -2.45. The van der Waals surface area contributed by atoms with Gasteiger partial charge in [0.2, 0.25) is 5.91 Å². The van der Waals surface area contributed by atoms with E-state index in [-0.39, 0.29) is 18.5 Å². The molecule has 0 rings (SSSR count). The molecule has 0 fully saturated rings. The molecule has 0 aromatic heterocycles. The third-order valence-corrected chi connectivity index (χ3v) is 18.9. The predicted molar refractivity (Wildman–Crippen MR) is 389 cm³/mol. The summed E-state index contributed by atoms with van der Waals surface area (Å²) in [5.41, 5.74) is 0. The molecule has 0 bridgehead atoms. The number of allylic oxidation sites excluding steroid dienone is 5. The highest BCUT2D eigenvalue weighted by atomic mass is 16.5. The molecular formula is C82H157NO5. The number of aliphatic hydroxyl groups is 2. The van der Waals surface area contributed by atoms with Crippen LogP contribution in [0.1, 0.15) is 450 Å². The van der Waals surface area contributed by atoms with Crippen molar-refractivity contribution in [1.29, 1.82) is 0 Å². The lowest BCUT2D eigenvalue weighted by Gasteiger charge is -2.20. The maximum Gasteiger partial charge on any atom is 0.305 e. The van der Waals surface area contributed by atoms with Gasteiger partial charge < -0.3 is 20.3 Å². The van der Waals surface area contributed by atoms with Crippen LogP contribution in [0.2, 0.25) is 0 Å². The van der Waals surface area contributed by atoms with Gasteiger partial charge in [0.15, 0.2) is 0 Å². The molecule has 0 spiro atoms. The summed E-state index contributed by atoms with van der Waals surface area (Å²) in [7, 11) is 0. The first-order valence-corrected chi connectivity index (χ1v) is 40.3. The van der Waals surface area contributed by atoms with Gasteiger partial charge in [-0.1, -0.05) is 391 Å². The van der Waals surface area contributed by atoms with E-state index in [4.69, 9.17) is 4.74 Å². The quantitative estimate of drug-likeness (QED) is 0.0320. The van der Waals surface area contributed by atoms with Crippen molar-refractivity contribution < 1.29 is 24.5 Å². The minimum absolute atomic E-state index is 0.0226. The van der Waals surface area contributed by atoms with Gasteiger partial charge in [-0.05, 0) is 83.5 Å². The largest absolute Gasteiger partial charge is 0.466 e. The van der Waals surface area contributed by atoms with Crippen LogP contribution >= 0.6 is 0 Å². The van der Waals surface area contributed by atoms with Gasteiger partial charge in [0, 0.05) is 12.8 Å². The van der Waals surface area contributed by atoms with E-state index in [9.17, 15) is 19.8 Å². The number of carbonyl (C=O) groups is 2. The number of nitrogens with one attached hydrogen (secondary N) is 1. The molecule has 2 unspecified atom stereocenters. The zero-order valence-electron chi connectivity index (χ0n) is 59.7. The van der Waals surface area contributed by atoms with Crippen molar-refractivity contribution in [3.63, 3.8) is 0 Å². The van der Waals surface area contributed by atoms with Gasteiger partial charge in [-0.2, -0.15) is 0 Å². The van der Waals surface area contributed by atoms with E-state index >= 15 is 0 Å². The number of hydrogen-bond acceptors (Lipinski definition) is 5. The first kappa shape index (κ1) is 86.1. The Morgan fingerprint density at radius 1 is 0.307 bits per heavy atom. The number of ether oxygens (including phenoxy) is 1. The molecule has 0 radical (unpaired) electrons. The molecule has 3 N–H and O–H groups in total. The van der Waals surface area contributed by atoms with Crippen LogP contribution in [0, 0.1) is 0 Å². The maximum atomic E-state index is 12.5. The van der Waals surface area contributed by atoms with Crippen molar-refractivity contribution in [1.82, 2.24) is 5.32 Å². The van der Waals surface area contributed by atoms with E-state index < -0.39 is 12.1 Å². The van der Waals surface area contributed by atoms with Crippen molar-refractivity contribution in [2.45, 2.75) is 463 Å². The molecule has 6 heteroatoms. The summed E-state index contributed by atoms with van der Waals surface area (Å²) in [4.78, 5) is 24.6. The summed E-state index contributed by atoms with van der Waals surface area (Å²) in [5, 5.41) is 23.1. The van der Waals surface area contributed by atoms with Gasteiger partial charge >= 0.3 is 5.97 Å². The second-order valence-corrected chi connectivity index (χ2v) is 27.7. The minimum Gasteiger partial charge on any atom is -0.466 e. The third kappa shape index (κ3) is 73.1. The van der Waals surface area contributed by atoms with Crippen LogP contribution in [-0.2, 0) is 14.3 Å². The summed E-state index contributed by atoms with van der Waals surface area (Å²) < 4.78 is 5.52. The molecule has 1 amide bonds. The lowest BCUT2D eigenvalue weighted by atomic mass is 10.0. The molecule has 0 saturated heterocycles. The van der Waals surface area contributed by atoms with Crippen LogP contribution in [0.3, 0.4) is 0 Å². The topological polar surface area (TPSA) is 95.9 Å². The summed E-state index contributed by atoms with van der Waals surface area (Å²) in [5.74, 6) is -0.0392. The molecule has 6 nitrogen and oxygen atoms in total. The number of unbranched alkanes of at least 4 members (excludes halogenated alkanes) is 61. The monoisotopic (exact) mass is 1240 g/mol. The second-order valence-electron chi connectivity index (χ2n) is 27.7. The summed E-state index contributed by atoms with van der Waals surface area (Å²) in [6.07, 6.45) is 101. The van der Waals surface area contributed by atoms with Crippen LogP contribution < -0.4 is 5.32 Å². The van der Waals surface area contributed by atoms with Crippen molar-refractivity contribution in [3.05, 3.63) is 36.5 Å². The average molecular weight is 1240 g/mol. The van der Waals surface area contributed by atoms with Crippen molar-refractivity contribution in [2.75, 3.05) is 13.2 Å². The first-order valence-electron chi connectivity index (χ1n) is 40.3. The number of amides is 1. The zero-order chi connectivity index (χ0) is 63.5. The fraction of sp³-hybridized carbons (Fsp3) is 0.902. The summed E-state index contributed by atoms with van der Waals surface area (Å²) in [6, 6.07) is -0.624. The first-order chi connectivity index (χ1) is 43.5. The molecule has 0 saturated carbocycles. The number of aliphatic hydroxyl groups excluding tert-OH is 2. The molecule has 2 atom stereocenters. The third-order valence-electron chi connectivity index (χ3n) is 18.9. The average Bonchev–Trinajstić information content (AvgIpc) is 3.54. The number of hydrogen-bond donors (Lipinski definition) is 3.